The van der Waals surface area contributed by atoms with Gasteiger partial charge in [-0.25, -0.2) is 0 Å². The molecule has 16 heavy (non-hydrogen) atoms. The summed E-state index contributed by atoms with van der Waals surface area (Å²) in [5.74, 6) is 0.454. The Kier molecular flexibility index (Phi) is 3.93. The quantitative estimate of drug-likeness (QED) is 0.824. The van der Waals surface area contributed by atoms with Crippen molar-refractivity contribution in [3.63, 3.8) is 0 Å². The van der Waals surface area contributed by atoms with E-state index in [0.717, 1.165) is 5.56 Å². The van der Waals surface area contributed by atoms with E-state index in [1.54, 1.807) is 18.2 Å². The zero-order valence-electron chi connectivity index (χ0n) is 10.2. The number of aromatic hydroxyl groups is 1. The van der Waals surface area contributed by atoms with Crippen LogP contribution in [0.1, 0.15) is 26.3 Å². The molecule has 3 nitrogen and oxygen atoms in total. The molecule has 0 spiro atoms. The minimum atomic E-state index is -0.0385. The third kappa shape index (κ3) is 2.99. The van der Waals surface area contributed by atoms with Crippen molar-refractivity contribution in [1.82, 2.24) is 0 Å². The van der Waals surface area contributed by atoms with E-state index >= 15 is 0 Å². The number of carbonyl (C=O) groups is 1. The maximum Gasteiger partial charge on any atom is 0.227 e. The van der Waals surface area contributed by atoms with Crippen LogP contribution in [0, 0.1) is 18.8 Å². The number of amides is 1. The number of benzene rings is 1. The van der Waals surface area contributed by atoms with Gasteiger partial charge in [-0.05, 0) is 24.5 Å². The Bertz CT molecular complexity index is 386. The summed E-state index contributed by atoms with van der Waals surface area (Å²) in [6.07, 6.45) is 0. The average Bonchev–Trinajstić information content (AvgIpc) is 2.22. The van der Waals surface area contributed by atoms with Crippen LogP contribution in [-0.4, -0.2) is 11.0 Å². The Morgan fingerprint density at radius 1 is 1.31 bits per heavy atom. The fraction of sp³-hybridized carbons (Fsp3) is 0.462. The number of anilines is 1. The van der Waals surface area contributed by atoms with E-state index in [1.165, 1.54) is 0 Å². The van der Waals surface area contributed by atoms with Crippen LogP contribution in [0.5, 0.6) is 5.75 Å². The van der Waals surface area contributed by atoms with Gasteiger partial charge in [-0.2, -0.15) is 0 Å². The monoisotopic (exact) mass is 221 g/mol. The molecular formula is C13H19NO2. The Hall–Kier alpha value is -1.51. The van der Waals surface area contributed by atoms with Crippen molar-refractivity contribution in [3.8, 4) is 5.75 Å². The molecule has 0 aliphatic carbocycles. The van der Waals surface area contributed by atoms with E-state index in [0.29, 0.717) is 11.6 Å². The second-order valence-electron chi connectivity index (χ2n) is 4.52. The van der Waals surface area contributed by atoms with Crippen molar-refractivity contribution in [2.24, 2.45) is 11.8 Å². The van der Waals surface area contributed by atoms with Crippen LogP contribution in [0.25, 0.3) is 0 Å². The smallest absolute Gasteiger partial charge is 0.227 e. The van der Waals surface area contributed by atoms with E-state index in [9.17, 15) is 9.90 Å². The lowest BCUT2D eigenvalue weighted by atomic mass is 9.97. The zero-order chi connectivity index (χ0) is 12.3. The number of phenolic OH excluding ortho intramolecular Hbond substituents is 1. The van der Waals surface area contributed by atoms with E-state index in [2.05, 4.69) is 5.32 Å². The van der Waals surface area contributed by atoms with Gasteiger partial charge >= 0.3 is 0 Å². The van der Waals surface area contributed by atoms with Crippen molar-refractivity contribution in [3.05, 3.63) is 23.8 Å². The molecule has 0 aromatic heterocycles. The third-order valence-electron chi connectivity index (χ3n) is 2.89. The number of nitrogens with one attached hydrogen (secondary N) is 1. The van der Waals surface area contributed by atoms with Gasteiger partial charge in [-0.15, -0.1) is 0 Å². The Morgan fingerprint density at radius 2 is 1.94 bits per heavy atom. The first kappa shape index (κ1) is 12.6. The summed E-state index contributed by atoms with van der Waals surface area (Å²) < 4.78 is 0. The number of carbonyl (C=O) groups excluding carboxylic acids is 1. The summed E-state index contributed by atoms with van der Waals surface area (Å²) in [5.41, 5.74) is 1.44. The van der Waals surface area contributed by atoms with E-state index in [4.69, 9.17) is 0 Å². The first-order chi connectivity index (χ1) is 7.41. The minimum Gasteiger partial charge on any atom is -0.508 e. The Labute approximate surface area is 96.5 Å². The van der Waals surface area contributed by atoms with Gasteiger partial charge in [0.1, 0.15) is 5.75 Å². The molecule has 0 saturated carbocycles. The standard InChI is InChI=1S/C13H19NO2/c1-8(2)10(4)13(16)14-11-6-5-9(3)12(15)7-11/h5-8,10,15H,1-4H3,(H,14,16). The Morgan fingerprint density at radius 3 is 2.44 bits per heavy atom. The van der Waals surface area contributed by atoms with Crippen LogP contribution in [0.3, 0.4) is 0 Å². The van der Waals surface area contributed by atoms with Gasteiger partial charge in [0.05, 0.1) is 0 Å². The van der Waals surface area contributed by atoms with E-state index < -0.39 is 0 Å². The summed E-state index contributed by atoms with van der Waals surface area (Å²) in [4.78, 5) is 11.8. The van der Waals surface area contributed by atoms with Crippen LogP contribution in [0.2, 0.25) is 0 Å². The number of aryl methyl sites for hydroxylation is 1. The third-order valence-corrected chi connectivity index (χ3v) is 2.89. The highest BCUT2D eigenvalue weighted by molar-refractivity contribution is 5.92. The lowest BCUT2D eigenvalue weighted by molar-refractivity contribution is -0.120. The summed E-state index contributed by atoms with van der Waals surface area (Å²) in [6.45, 7) is 7.74. The lowest BCUT2D eigenvalue weighted by Gasteiger charge is -2.15. The van der Waals surface area contributed by atoms with E-state index in [1.807, 2.05) is 27.7 Å². The first-order valence-corrected chi connectivity index (χ1v) is 5.52. The molecule has 0 saturated heterocycles. The second kappa shape index (κ2) is 5.01. The molecule has 1 rings (SSSR count). The second-order valence-corrected chi connectivity index (χ2v) is 4.52. The molecule has 0 aliphatic rings. The number of phenols is 1. The molecule has 1 unspecified atom stereocenters. The van der Waals surface area contributed by atoms with Gasteiger partial charge in [0.2, 0.25) is 5.91 Å². The number of hydrogen-bond donors (Lipinski definition) is 2. The predicted octanol–water partition coefficient (Wildman–Crippen LogP) is 2.93. The molecule has 1 aromatic rings. The summed E-state index contributed by atoms with van der Waals surface area (Å²) in [7, 11) is 0. The van der Waals surface area contributed by atoms with Crippen LogP contribution < -0.4 is 5.32 Å². The van der Waals surface area contributed by atoms with Crippen LogP contribution in [0.15, 0.2) is 18.2 Å². The summed E-state index contributed by atoms with van der Waals surface area (Å²) in [5, 5.41) is 12.3. The topological polar surface area (TPSA) is 49.3 Å². The maximum absolute atomic E-state index is 11.8. The van der Waals surface area contributed by atoms with Crippen molar-refractivity contribution in [1.29, 1.82) is 0 Å². The molecule has 1 aromatic carbocycles. The molecule has 3 heteroatoms. The van der Waals surface area contributed by atoms with Gasteiger partial charge in [0, 0.05) is 17.7 Å². The van der Waals surface area contributed by atoms with Gasteiger partial charge < -0.3 is 10.4 Å². The molecule has 1 amide bonds. The molecule has 1 atom stereocenters. The molecule has 88 valence electrons. The molecule has 2 N–H and O–H groups in total. The van der Waals surface area contributed by atoms with Crippen molar-refractivity contribution < 1.29 is 9.90 Å². The largest absolute Gasteiger partial charge is 0.508 e. The van der Waals surface area contributed by atoms with Crippen molar-refractivity contribution in [2.45, 2.75) is 27.7 Å². The van der Waals surface area contributed by atoms with Gasteiger partial charge in [-0.1, -0.05) is 26.8 Å². The Balaban J connectivity index is 2.74. The van der Waals surface area contributed by atoms with Gasteiger partial charge in [-0.3, -0.25) is 4.79 Å². The molecule has 0 radical (unpaired) electrons. The summed E-state index contributed by atoms with van der Waals surface area (Å²) >= 11 is 0. The molecule has 0 fully saturated rings. The van der Waals surface area contributed by atoms with Crippen LogP contribution >= 0.6 is 0 Å². The van der Waals surface area contributed by atoms with Gasteiger partial charge in [0.15, 0.2) is 0 Å². The fourth-order valence-electron chi connectivity index (χ4n) is 1.25. The maximum atomic E-state index is 11.8. The lowest BCUT2D eigenvalue weighted by Crippen LogP contribution is -2.24. The van der Waals surface area contributed by atoms with Crippen molar-refractivity contribution in [2.75, 3.05) is 5.32 Å². The van der Waals surface area contributed by atoms with Crippen LogP contribution in [-0.2, 0) is 4.79 Å². The number of hydrogen-bond acceptors (Lipinski definition) is 2. The highest BCUT2D eigenvalue weighted by atomic mass is 16.3. The highest BCUT2D eigenvalue weighted by Crippen LogP contribution is 2.22. The highest BCUT2D eigenvalue weighted by Gasteiger charge is 2.16. The van der Waals surface area contributed by atoms with Crippen LogP contribution in [0.4, 0.5) is 5.69 Å². The minimum absolute atomic E-state index is 0.0155. The molecular weight excluding hydrogens is 202 g/mol. The summed E-state index contributed by atoms with van der Waals surface area (Å²) in [6, 6.07) is 5.14. The predicted molar refractivity (Wildman–Crippen MR) is 65.5 cm³/mol. The fourth-order valence-corrected chi connectivity index (χ4v) is 1.25. The molecule has 0 aliphatic heterocycles. The normalized spacial score (nSPS) is 12.6. The zero-order valence-corrected chi connectivity index (χ0v) is 10.2. The van der Waals surface area contributed by atoms with Gasteiger partial charge in [0.25, 0.3) is 0 Å². The molecule has 0 heterocycles. The SMILES string of the molecule is Cc1ccc(NC(=O)C(C)C(C)C)cc1O. The molecule has 0 bridgehead atoms. The number of rotatable bonds is 3. The van der Waals surface area contributed by atoms with E-state index in [-0.39, 0.29) is 17.6 Å². The van der Waals surface area contributed by atoms with Crippen molar-refractivity contribution >= 4 is 11.6 Å². The average molecular weight is 221 g/mol. The first-order valence-electron chi connectivity index (χ1n) is 5.52.